The van der Waals surface area contributed by atoms with E-state index in [2.05, 4.69) is 5.16 Å². The highest BCUT2D eigenvalue weighted by Crippen LogP contribution is 2.34. The van der Waals surface area contributed by atoms with Crippen LogP contribution in [0.4, 0.5) is 0 Å². The van der Waals surface area contributed by atoms with Gasteiger partial charge in [0.15, 0.2) is 0 Å². The summed E-state index contributed by atoms with van der Waals surface area (Å²) in [7, 11) is 0. The molecule has 0 aliphatic heterocycles. The zero-order valence-corrected chi connectivity index (χ0v) is 7.92. The molecule has 0 amide bonds. The summed E-state index contributed by atoms with van der Waals surface area (Å²) >= 11 is 0. The standard InChI is InChI=1S/C10H19NO/c1-9(11-12)5-3-2-4-6-10-7-8-10/h10,12H,2-8H2,1H3. The molecule has 1 rings (SSSR count). The molecule has 0 saturated heterocycles. The molecule has 0 unspecified atom stereocenters. The number of rotatable bonds is 6. The second-order valence-electron chi connectivity index (χ2n) is 3.88. The van der Waals surface area contributed by atoms with Gasteiger partial charge in [-0.1, -0.05) is 37.3 Å². The summed E-state index contributed by atoms with van der Waals surface area (Å²) in [6.45, 7) is 1.88. The predicted molar refractivity (Wildman–Crippen MR) is 50.7 cm³/mol. The first-order valence-corrected chi connectivity index (χ1v) is 5.00. The van der Waals surface area contributed by atoms with E-state index < -0.39 is 0 Å². The average molecular weight is 169 g/mol. The van der Waals surface area contributed by atoms with Gasteiger partial charge in [0.2, 0.25) is 0 Å². The third-order valence-electron chi connectivity index (χ3n) is 2.52. The Morgan fingerprint density at radius 3 is 2.67 bits per heavy atom. The lowest BCUT2D eigenvalue weighted by molar-refractivity contribution is 0.317. The van der Waals surface area contributed by atoms with Crippen molar-refractivity contribution in [2.75, 3.05) is 0 Å². The molecule has 2 heteroatoms. The summed E-state index contributed by atoms with van der Waals surface area (Å²) < 4.78 is 0. The first-order chi connectivity index (χ1) is 5.83. The molecule has 2 nitrogen and oxygen atoms in total. The van der Waals surface area contributed by atoms with Crippen molar-refractivity contribution in [1.82, 2.24) is 0 Å². The fourth-order valence-electron chi connectivity index (χ4n) is 1.45. The minimum Gasteiger partial charge on any atom is -0.411 e. The van der Waals surface area contributed by atoms with Crippen LogP contribution in [0.15, 0.2) is 5.16 Å². The quantitative estimate of drug-likeness (QED) is 0.281. The maximum absolute atomic E-state index is 8.38. The molecule has 0 bridgehead atoms. The lowest BCUT2D eigenvalue weighted by Gasteiger charge is -1.98. The first kappa shape index (κ1) is 9.56. The molecule has 1 fully saturated rings. The molecule has 0 aromatic heterocycles. The summed E-state index contributed by atoms with van der Waals surface area (Å²) in [6.07, 6.45) is 9.17. The highest BCUT2D eigenvalue weighted by atomic mass is 16.4. The van der Waals surface area contributed by atoms with Gasteiger partial charge in [-0.05, 0) is 25.7 Å². The van der Waals surface area contributed by atoms with Crippen LogP contribution in [0.3, 0.4) is 0 Å². The van der Waals surface area contributed by atoms with Crippen LogP contribution in [0.2, 0.25) is 0 Å². The summed E-state index contributed by atoms with van der Waals surface area (Å²) in [6, 6.07) is 0. The van der Waals surface area contributed by atoms with Crippen LogP contribution in [0.25, 0.3) is 0 Å². The molecule has 0 heterocycles. The van der Waals surface area contributed by atoms with E-state index in [0.717, 1.165) is 18.1 Å². The molecule has 70 valence electrons. The van der Waals surface area contributed by atoms with Crippen molar-refractivity contribution in [3.05, 3.63) is 0 Å². The summed E-state index contributed by atoms with van der Waals surface area (Å²) in [5.74, 6) is 1.07. The van der Waals surface area contributed by atoms with Gasteiger partial charge in [-0.2, -0.15) is 0 Å². The van der Waals surface area contributed by atoms with Crippen LogP contribution in [-0.2, 0) is 0 Å². The fraction of sp³-hybridized carbons (Fsp3) is 0.900. The van der Waals surface area contributed by atoms with Crippen molar-refractivity contribution in [2.45, 2.75) is 51.9 Å². The molecule has 0 aromatic carbocycles. The second-order valence-corrected chi connectivity index (χ2v) is 3.88. The largest absolute Gasteiger partial charge is 0.411 e. The third-order valence-corrected chi connectivity index (χ3v) is 2.52. The molecule has 1 N–H and O–H groups in total. The van der Waals surface area contributed by atoms with Crippen molar-refractivity contribution in [3.63, 3.8) is 0 Å². The van der Waals surface area contributed by atoms with Crippen LogP contribution >= 0.6 is 0 Å². The van der Waals surface area contributed by atoms with Crippen molar-refractivity contribution in [2.24, 2.45) is 11.1 Å². The number of hydrogen-bond acceptors (Lipinski definition) is 2. The van der Waals surface area contributed by atoms with Gasteiger partial charge in [0.05, 0.1) is 5.71 Å². The molecule has 0 aromatic rings. The Labute approximate surface area is 74.7 Å². The van der Waals surface area contributed by atoms with E-state index in [1.165, 1.54) is 38.5 Å². The smallest absolute Gasteiger partial charge is 0.0540 e. The van der Waals surface area contributed by atoms with Crippen molar-refractivity contribution < 1.29 is 5.21 Å². The van der Waals surface area contributed by atoms with E-state index in [1.807, 2.05) is 6.92 Å². The lowest BCUT2D eigenvalue weighted by Crippen LogP contribution is -1.90. The fourth-order valence-corrected chi connectivity index (χ4v) is 1.45. The van der Waals surface area contributed by atoms with Crippen molar-refractivity contribution >= 4 is 5.71 Å². The number of unbranched alkanes of at least 4 members (excludes halogenated alkanes) is 2. The minimum atomic E-state index is 0.862. The molecule has 12 heavy (non-hydrogen) atoms. The Bertz CT molecular complexity index is 150. The van der Waals surface area contributed by atoms with E-state index in [4.69, 9.17) is 5.21 Å². The minimum absolute atomic E-state index is 0.862. The zero-order valence-electron chi connectivity index (χ0n) is 7.92. The molecular formula is C10H19NO. The van der Waals surface area contributed by atoms with Gasteiger partial charge in [-0.3, -0.25) is 0 Å². The lowest BCUT2D eigenvalue weighted by atomic mass is 10.1. The van der Waals surface area contributed by atoms with Gasteiger partial charge in [-0.15, -0.1) is 0 Å². The Morgan fingerprint density at radius 1 is 1.33 bits per heavy atom. The van der Waals surface area contributed by atoms with Crippen molar-refractivity contribution in [3.8, 4) is 0 Å². The molecule has 0 radical (unpaired) electrons. The van der Waals surface area contributed by atoms with E-state index in [1.54, 1.807) is 0 Å². The van der Waals surface area contributed by atoms with Gasteiger partial charge in [0, 0.05) is 0 Å². The van der Waals surface area contributed by atoms with Crippen molar-refractivity contribution in [1.29, 1.82) is 0 Å². The normalized spacial score (nSPS) is 18.2. The molecule has 0 atom stereocenters. The molecule has 1 aliphatic rings. The summed E-state index contributed by atoms with van der Waals surface area (Å²) in [4.78, 5) is 0. The molecule has 0 spiro atoms. The van der Waals surface area contributed by atoms with Gasteiger partial charge in [0.1, 0.15) is 0 Å². The van der Waals surface area contributed by atoms with Crippen LogP contribution in [0.5, 0.6) is 0 Å². The van der Waals surface area contributed by atoms with E-state index in [0.29, 0.717) is 0 Å². The van der Waals surface area contributed by atoms with Crippen LogP contribution in [0, 0.1) is 5.92 Å². The highest BCUT2D eigenvalue weighted by Gasteiger charge is 2.19. The summed E-state index contributed by atoms with van der Waals surface area (Å²) in [5.41, 5.74) is 0.862. The molecular weight excluding hydrogens is 150 g/mol. The van der Waals surface area contributed by atoms with Crippen LogP contribution in [-0.4, -0.2) is 10.9 Å². The number of nitrogens with zero attached hydrogens (tertiary/aromatic N) is 1. The van der Waals surface area contributed by atoms with E-state index in [9.17, 15) is 0 Å². The molecule has 1 saturated carbocycles. The maximum atomic E-state index is 8.38. The monoisotopic (exact) mass is 169 g/mol. The van der Waals surface area contributed by atoms with Gasteiger partial charge in [0.25, 0.3) is 0 Å². The van der Waals surface area contributed by atoms with Crippen LogP contribution < -0.4 is 0 Å². The maximum Gasteiger partial charge on any atom is 0.0540 e. The second kappa shape index (κ2) is 5.18. The summed E-state index contributed by atoms with van der Waals surface area (Å²) in [5, 5.41) is 11.5. The number of hydrogen-bond donors (Lipinski definition) is 1. The van der Waals surface area contributed by atoms with Gasteiger partial charge in [-0.25, -0.2) is 0 Å². The Morgan fingerprint density at radius 2 is 2.08 bits per heavy atom. The Kier molecular flexibility index (Phi) is 4.12. The Balaban J connectivity index is 1.81. The third kappa shape index (κ3) is 4.37. The van der Waals surface area contributed by atoms with E-state index in [-0.39, 0.29) is 0 Å². The first-order valence-electron chi connectivity index (χ1n) is 5.00. The highest BCUT2D eigenvalue weighted by molar-refractivity contribution is 5.81. The average Bonchev–Trinajstić information content (AvgIpc) is 2.87. The topological polar surface area (TPSA) is 32.6 Å². The molecule has 1 aliphatic carbocycles. The SMILES string of the molecule is CC(CCCCCC1CC1)=NO. The Hall–Kier alpha value is -0.530. The van der Waals surface area contributed by atoms with Gasteiger partial charge < -0.3 is 5.21 Å². The predicted octanol–water partition coefficient (Wildman–Crippen LogP) is 3.20. The zero-order chi connectivity index (χ0) is 8.81. The van der Waals surface area contributed by atoms with Gasteiger partial charge >= 0.3 is 0 Å². The van der Waals surface area contributed by atoms with Crippen LogP contribution in [0.1, 0.15) is 51.9 Å². The number of oxime groups is 1. The van der Waals surface area contributed by atoms with E-state index >= 15 is 0 Å².